The monoisotopic (exact) mass is 422 g/mol. The van der Waals surface area contributed by atoms with Crippen LogP contribution in [0.1, 0.15) is 72.6 Å². The summed E-state index contributed by atoms with van der Waals surface area (Å²) in [6.45, 7) is 8.08. The van der Waals surface area contributed by atoms with Crippen LogP contribution in [0, 0.1) is 23.7 Å². The van der Waals surface area contributed by atoms with Crippen LogP contribution in [0.2, 0.25) is 0 Å². The summed E-state index contributed by atoms with van der Waals surface area (Å²) in [7, 11) is 0. The van der Waals surface area contributed by atoms with Gasteiger partial charge in [-0.05, 0) is 50.0 Å². The highest BCUT2D eigenvalue weighted by atomic mass is 16.6. The van der Waals surface area contributed by atoms with Gasteiger partial charge in [-0.25, -0.2) is 0 Å². The van der Waals surface area contributed by atoms with Gasteiger partial charge in [-0.15, -0.1) is 0 Å². The van der Waals surface area contributed by atoms with Crippen molar-refractivity contribution < 1.29 is 29.6 Å². The molecule has 0 spiro atoms. The summed E-state index contributed by atoms with van der Waals surface area (Å²) in [4.78, 5) is 23.6. The molecule has 0 heterocycles. The average molecular weight is 423 g/mol. The predicted molar refractivity (Wildman–Crippen MR) is 115 cm³/mol. The maximum atomic E-state index is 12.8. The molecule has 7 atom stereocenters. The van der Waals surface area contributed by atoms with Crippen LogP contribution in [0.15, 0.2) is 23.8 Å². The number of aliphatic hydroxyl groups excluding tert-OH is 2. The molecule has 0 saturated heterocycles. The van der Waals surface area contributed by atoms with Gasteiger partial charge in [0.1, 0.15) is 5.60 Å². The van der Waals surface area contributed by atoms with E-state index in [0.29, 0.717) is 25.2 Å². The Morgan fingerprint density at radius 3 is 2.57 bits per heavy atom. The zero-order chi connectivity index (χ0) is 22.5. The van der Waals surface area contributed by atoms with Crippen LogP contribution >= 0.6 is 0 Å². The standard InChI is InChI=1S/C24H38O6/c1-5-16(3)23(29)30-24(11-10-19(25)13-20(26)14-22(27)28)17(4)7-8-18-12-15(2)6-9-21(18)24/h7-8,12,15-17,19-21,25-26H,5-6,9-11,13-14H2,1-4H3,(H,27,28). The average Bonchev–Trinajstić information content (AvgIpc) is 2.67. The van der Waals surface area contributed by atoms with Gasteiger partial charge < -0.3 is 20.1 Å². The summed E-state index contributed by atoms with van der Waals surface area (Å²) in [5.41, 5.74) is 0.462. The molecule has 0 amide bonds. The molecule has 2 rings (SSSR count). The maximum Gasteiger partial charge on any atom is 0.309 e. The van der Waals surface area contributed by atoms with Crippen molar-refractivity contribution in [1.29, 1.82) is 0 Å². The highest BCUT2D eigenvalue weighted by molar-refractivity contribution is 5.72. The third-order valence-corrected chi connectivity index (χ3v) is 6.86. The lowest BCUT2D eigenvalue weighted by Crippen LogP contribution is -2.51. The molecule has 0 fully saturated rings. The Kier molecular flexibility index (Phi) is 8.68. The highest BCUT2D eigenvalue weighted by Gasteiger charge is 2.50. The molecule has 6 heteroatoms. The molecule has 2 aliphatic rings. The number of carboxylic acids is 1. The van der Waals surface area contributed by atoms with Crippen molar-refractivity contribution >= 4 is 11.9 Å². The van der Waals surface area contributed by atoms with Crippen LogP contribution in [-0.2, 0) is 14.3 Å². The first-order valence-electron chi connectivity index (χ1n) is 11.3. The van der Waals surface area contributed by atoms with Crippen molar-refractivity contribution in [2.45, 2.75) is 90.4 Å². The molecule has 0 saturated carbocycles. The fourth-order valence-corrected chi connectivity index (χ4v) is 4.74. The van der Waals surface area contributed by atoms with Crippen LogP contribution in [0.25, 0.3) is 0 Å². The van der Waals surface area contributed by atoms with Crippen molar-refractivity contribution in [2.75, 3.05) is 0 Å². The maximum absolute atomic E-state index is 12.8. The second kappa shape index (κ2) is 10.6. The van der Waals surface area contributed by atoms with E-state index >= 15 is 0 Å². The normalized spacial score (nSPS) is 31.3. The second-order valence-corrected chi connectivity index (χ2v) is 9.29. The lowest BCUT2D eigenvalue weighted by atomic mass is 9.63. The Balaban J connectivity index is 2.24. The summed E-state index contributed by atoms with van der Waals surface area (Å²) < 4.78 is 6.27. The number of allylic oxidation sites excluding steroid dienone is 2. The van der Waals surface area contributed by atoms with Crippen LogP contribution in [-0.4, -0.2) is 45.1 Å². The third kappa shape index (κ3) is 5.94. The molecule has 6 nitrogen and oxygen atoms in total. The Hall–Kier alpha value is -1.66. The molecule has 0 radical (unpaired) electrons. The lowest BCUT2D eigenvalue weighted by Gasteiger charge is -2.49. The summed E-state index contributed by atoms with van der Waals surface area (Å²) in [5.74, 6) is -0.940. The molecule has 30 heavy (non-hydrogen) atoms. The van der Waals surface area contributed by atoms with Gasteiger partial charge in [0.25, 0.3) is 0 Å². The number of carbonyl (C=O) groups excluding carboxylic acids is 1. The first-order chi connectivity index (χ1) is 14.1. The Bertz CT molecular complexity index is 669. The van der Waals surface area contributed by atoms with Gasteiger partial charge in [0.05, 0.1) is 24.5 Å². The van der Waals surface area contributed by atoms with Crippen LogP contribution in [0.3, 0.4) is 0 Å². The van der Waals surface area contributed by atoms with Gasteiger partial charge in [0, 0.05) is 11.8 Å². The van der Waals surface area contributed by atoms with Crippen molar-refractivity contribution in [3.63, 3.8) is 0 Å². The molecule has 3 N–H and O–H groups in total. The van der Waals surface area contributed by atoms with E-state index in [-0.39, 0.29) is 30.1 Å². The number of ether oxygens (including phenoxy) is 1. The van der Waals surface area contributed by atoms with E-state index in [0.717, 1.165) is 12.8 Å². The number of hydrogen-bond acceptors (Lipinski definition) is 5. The molecule has 0 aromatic carbocycles. The highest BCUT2D eigenvalue weighted by Crippen LogP contribution is 2.49. The van der Waals surface area contributed by atoms with E-state index in [1.807, 2.05) is 13.8 Å². The number of hydrogen-bond donors (Lipinski definition) is 3. The van der Waals surface area contributed by atoms with E-state index in [4.69, 9.17) is 9.84 Å². The molecule has 170 valence electrons. The van der Waals surface area contributed by atoms with E-state index in [1.165, 1.54) is 5.57 Å². The van der Waals surface area contributed by atoms with Gasteiger partial charge in [-0.3, -0.25) is 9.59 Å². The molecular weight excluding hydrogens is 384 g/mol. The molecule has 0 bridgehead atoms. The largest absolute Gasteiger partial charge is 0.481 e. The number of fused-ring (bicyclic) bond motifs is 1. The summed E-state index contributed by atoms with van der Waals surface area (Å²) >= 11 is 0. The SMILES string of the molecule is CCC(C)C(=O)OC1(CCC(O)CC(O)CC(=O)O)C(C)C=CC2=CC(C)CCC21. The number of rotatable bonds is 10. The quantitative estimate of drug-likeness (QED) is 0.462. The van der Waals surface area contributed by atoms with Crippen LogP contribution in [0.4, 0.5) is 0 Å². The van der Waals surface area contributed by atoms with E-state index in [1.54, 1.807) is 0 Å². The minimum absolute atomic E-state index is 0.00259. The topological polar surface area (TPSA) is 104 Å². The second-order valence-electron chi connectivity index (χ2n) is 9.29. The molecule has 0 aromatic heterocycles. The van der Waals surface area contributed by atoms with Gasteiger partial charge >= 0.3 is 11.9 Å². The minimum atomic E-state index is -1.09. The molecule has 0 aromatic rings. The Morgan fingerprint density at radius 2 is 1.93 bits per heavy atom. The number of carboxylic acid groups (broad SMARTS) is 1. The molecule has 7 unspecified atom stereocenters. The van der Waals surface area contributed by atoms with Crippen molar-refractivity contribution in [3.8, 4) is 0 Å². The summed E-state index contributed by atoms with van der Waals surface area (Å²) in [6.07, 6.45) is 7.61. The molecular formula is C24H38O6. The zero-order valence-corrected chi connectivity index (χ0v) is 18.7. The van der Waals surface area contributed by atoms with Crippen molar-refractivity contribution in [2.24, 2.45) is 23.7 Å². The van der Waals surface area contributed by atoms with E-state index in [9.17, 15) is 19.8 Å². The van der Waals surface area contributed by atoms with Crippen LogP contribution in [0.5, 0.6) is 0 Å². The number of aliphatic carboxylic acids is 1. The predicted octanol–water partition coefficient (Wildman–Crippen LogP) is 3.86. The smallest absolute Gasteiger partial charge is 0.309 e. The molecule has 2 aliphatic carbocycles. The van der Waals surface area contributed by atoms with Crippen LogP contribution < -0.4 is 0 Å². The minimum Gasteiger partial charge on any atom is -0.481 e. The Morgan fingerprint density at radius 1 is 1.23 bits per heavy atom. The molecule has 0 aliphatic heterocycles. The zero-order valence-electron chi connectivity index (χ0n) is 18.7. The fraction of sp³-hybridized carbons (Fsp3) is 0.750. The third-order valence-electron chi connectivity index (χ3n) is 6.86. The van der Waals surface area contributed by atoms with E-state index in [2.05, 4.69) is 32.1 Å². The van der Waals surface area contributed by atoms with E-state index < -0.39 is 30.2 Å². The summed E-state index contributed by atoms with van der Waals surface area (Å²) in [5, 5.41) is 29.1. The first-order valence-corrected chi connectivity index (χ1v) is 11.3. The first kappa shape index (κ1) is 24.6. The van der Waals surface area contributed by atoms with Gasteiger partial charge in [-0.1, -0.05) is 45.9 Å². The van der Waals surface area contributed by atoms with Gasteiger partial charge in [0.15, 0.2) is 0 Å². The Labute approximate surface area is 180 Å². The van der Waals surface area contributed by atoms with Gasteiger partial charge in [-0.2, -0.15) is 0 Å². The number of aliphatic hydroxyl groups is 2. The van der Waals surface area contributed by atoms with Crippen molar-refractivity contribution in [3.05, 3.63) is 23.8 Å². The number of carbonyl (C=O) groups is 2. The fourth-order valence-electron chi connectivity index (χ4n) is 4.74. The summed E-state index contributed by atoms with van der Waals surface area (Å²) in [6, 6.07) is 0. The number of esters is 1. The lowest BCUT2D eigenvalue weighted by molar-refractivity contribution is -0.178. The van der Waals surface area contributed by atoms with Crippen molar-refractivity contribution in [1.82, 2.24) is 0 Å². The van der Waals surface area contributed by atoms with Gasteiger partial charge in [0.2, 0.25) is 0 Å².